The van der Waals surface area contributed by atoms with Crippen molar-refractivity contribution in [2.75, 3.05) is 6.54 Å². The van der Waals surface area contributed by atoms with Crippen LogP contribution in [0.5, 0.6) is 0 Å². The van der Waals surface area contributed by atoms with Gasteiger partial charge < -0.3 is 14.6 Å². The number of hydrogen-bond donors (Lipinski definition) is 1. The highest BCUT2D eigenvalue weighted by atomic mass is 79.9. The molecule has 1 amide bonds. The molecule has 5 nitrogen and oxygen atoms in total. The second-order valence-electron chi connectivity index (χ2n) is 4.74. The van der Waals surface area contributed by atoms with Crippen LogP contribution in [-0.4, -0.2) is 38.5 Å². The summed E-state index contributed by atoms with van der Waals surface area (Å²) in [7, 11) is 0. The molecule has 0 spiro atoms. The zero-order chi connectivity index (χ0) is 14.8. The summed E-state index contributed by atoms with van der Waals surface area (Å²) in [5.74, 6) is -1.29. The topological polar surface area (TPSA) is 62.5 Å². The second kappa shape index (κ2) is 5.77. The predicted molar refractivity (Wildman–Crippen MR) is 76.2 cm³/mol. The zero-order valence-corrected chi connectivity index (χ0v) is 13.2. The number of aromatic nitrogens is 1. The first-order valence-corrected chi connectivity index (χ1v) is 6.96. The van der Waals surface area contributed by atoms with E-state index < -0.39 is 11.5 Å². The van der Waals surface area contributed by atoms with E-state index >= 15 is 0 Å². The Hall–Kier alpha value is -1.30. The van der Waals surface area contributed by atoms with Crippen LogP contribution >= 0.6 is 15.9 Å². The molecule has 1 aromatic heterocycles. The van der Waals surface area contributed by atoms with E-state index in [0.717, 1.165) is 4.47 Å². The number of carbonyl (C=O) groups is 2. The summed E-state index contributed by atoms with van der Waals surface area (Å²) in [6.45, 7) is 7.76. The van der Waals surface area contributed by atoms with Crippen molar-refractivity contribution in [2.24, 2.45) is 0 Å². The van der Waals surface area contributed by atoms with Crippen molar-refractivity contribution in [2.45, 2.75) is 39.8 Å². The summed E-state index contributed by atoms with van der Waals surface area (Å²) in [6.07, 6.45) is 1.81. The summed E-state index contributed by atoms with van der Waals surface area (Å²) < 4.78 is 2.61. The third-order valence-electron chi connectivity index (χ3n) is 3.18. The summed E-state index contributed by atoms with van der Waals surface area (Å²) in [5.41, 5.74) is -0.744. The standard InChI is InChI=1S/C13H19BrN2O3/c1-5-15-8-9(14)7-10(15)11(17)16(6-2)13(3,4)12(18)19/h7-8H,5-6H2,1-4H3,(H,18,19). The van der Waals surface area contributed by atoms with Gasteiger partial charge in [-0.05, 0) is 49.7 Å². The molecule has 0 bridgehead atoms. The average Bonchev–Trinajstić information content (AvgIpc) is 2.70. The van der Waals surface area contributed by atoms with E-state index in [0.29, 0.717) is 18.8 Å². The van der Waals surface area contributed by atoms with Gasteiger partial charge >= 0.3 is 5.97 Å². The number of carbonyl (C=O) groups excluding carboxylic acids is 1. The monoisotopic (exact) mass is 330 g/mol. The molecule has 106 valence electrons. The first-order valence-electron chi connectivity index (χ1n) is 6.16. The Kier molecular flexibility index (Phi) is 4.79. The molecule has 0 aliphatic heterocycles. The molecular formula is C13H19BrN2O3. The third-order valence-corrected chi connectivity index (χ3v) is 3.62. The van der Waals surface area contributed by atoms with Gasteiger partial charge in [0.25, 0.3) is 5.91 Å². The number of carboxylic acid groups (broad SMARTS) is 1. The number of likely N-dealkylation sites (N-methyl/N-ethyl adjacent to an activating group) is 1. The lowest BCUT2D eigenvalue weighted by atomic mass is 10.0. The largest absolute Gasteiger partial charge is 0.480 e. The highest BCUT2D eigenvalue weighted by Gasteiger charge is 2.38. The van der Waals surface area contributed by atoms with E-state index in [-0.39, 0.29) is 5.91 Å². The molecule has 0 aliphatic carbocycles. The van der Waals surface area contributed by atoms with Crippen LogP contribution in [0.4, 0.5) is 0 Å². The molecule has 1 heterocycles. The van der Waals surface area contributed by atoms with E-state index in [2.05, 4.69) is 15.9 Å². The molecular weight excluding hydrogens is 312 g/mol. The highest BCUT2D eigenvalue weighted by molar-refractivity contribution is 9.10. The lowest BCUT2D eigenvalue weighted by Gasteiger charge is -2.34. The van der Waals surface area contributed by atoms with Gasteiger partial charge in [-0.15, -0.1) is 0 Å². The fourth-order valence-electron chi connectivity index (χ4n) is 1.96. The van der Waals surface area contributed by atoms with Crippen LogP contribution in [0.3, 0.4) is 0 Å². The number of nitrogens with zero attached hydrogens (tertiary/aromatic N) is 2. The molecule has 0 unspecified atom stereocenters. The number of rotatable bonds is 5. The van der Waals surface area contributed by atoms with Crippen molar-refractivity contribution in [3.63, 3.8) is 0 Å². The lowest BCUT2D eigenvalue weighted by molar-refractivity contribution is -0.147. The van der Waals surface area contributed by atoms with Crippen molar-refractivity contribution in [3.8, 4) is 0 Å². The van der Waals surface area contributed by atoms with Gasteiger partial charge in [0.2, 0.25) is 0 Å². The van der Waals surface area contributed by atoms with Gasteiger partial charge in [-0.2, -0.15) is 0 Å². The van der Waals surface area contributed by atoms with Gasteiger partial charge in [0.05, 0.1) is 0 Å². The molecule has 0 aromatic carbocycles. The van der Waals surface area contributed by atoms with E-state index in [4.69, 9.17) is 0 Å². The fraction of sp³-hybridized carbons (Fsp3) is 0.538. The van der Waals surface area contributed by atoms with Gasteiger partial charge in [-0.3, -0.25) is 4.79 Å². The van der Waals surface area contributed by atoms with Crippen LogP contribution in [0.1, 0.15) is 38.2 Å². The number of halogens is 1. The summed E-state index contributed by atoms with van der Waals surface area (Å²) in [5, 5.41) is 9.26. The molecule has 0 fully saturated rings. The first-order chi connectivity index (χ1) is 8.75. The Balaban J connectivity index is 3.19. The Morgan fingerprint density at radius 1 is 1.42 bits per heavy atom. The minimum absolute atomic E-state index is 0.276. The van der Waals surface area contributed by atoms with Crippen LogP contribution in [0, 0.1) is 0 Å². The smallest absolute Gasteiger partial charge is 0.329 e. The van der Waals surface area contributed by atoms with Crippen LogP contribution in [0.15, 0.2) is 16.7 Å². The van der Waals surface area contributed by atoms with E-state index in [1.54, 1.807) is 17.6 Å². The number of aliphatic carboxylic acids is 1. The molecule has 0 aliphatic rings. The van der Waals surface area contributed by atoms with Crippen molar-refractivity contribution >= 4 is 27.8 Å². The second-order valence-corrected chi connectivity index (χ2v) is 5.66. The predicted octanol–water partition coefficient (Wildman–Crippen LogP) is 2.60. The molecule has 0 atom stereocenters. The maximum Gasteiger partial charge on any atom is 0.329 e. The van der Waals surface area contributed by atoms with Crippen LogP contribution in [0.2, 0.25) is 0 Å². The van der Waals surface area contributed by atoms with Gasteiger partial charge in [-0.1, -0.05) is 0 Å². The molecule has 0 saturated heterocycles. The summed E-state index contributed by atoms with van der Waals surface area (Å²) >= 11 is 3.33. The number of amides is 1. The summed E-state index contributed by atoms with van der Waals surface area (Å²) in [6, 6.07) is 1.71. The van der Waals surface area contributed by atoms with Crippen molar-refractivity contribution in [3.05, 3.63) is 22.4 Å². The normalized spacial score (nSPS) is 11.4. The number of carboxylic acids is 1. The van der Waals surface area contributed by atoms with Crippen LogP contribution in [-0.2, 0) is 11.3 Å². The van der Waals surface area contributed by atoms with Crippen molar-refractivity contribution in [1.82, 2.24) is 9.47 Å². The van der Waals surface area contributed by atoms with E-state index in [9.17, 15) is 14.7 Å². The molecule has 1 aromatic rings. The molecule has 1 rings (SSSR count). The van der Waals surface area contributed by atoms with E-state index in [1.807, 2.05) is 13.1 Å². The minimum atomic E-state index is -1.23. The third kappa shape index (κ3) is 3.00. The number of aryl methyl sites for hydroxylation is 1. The quantitative estimate of drug-likeness (QED) is 0.902. The van der Waals surface area contributed by atoms with E-state index in [1.165, 1.54) is 18.7 Å². The molecule has 1 N–H and O–H groups in total. The molecule has 0 saturated carbocycles. The van der Waals surface area contributed by atoms with Gasteiger partial charge in [0, 0.05) is 23.8 Å². The Morgan fingerprint density at radius 3 is 2.42 bits per heavy atom. The van der Waals surface area contributed by atoms with Crippen molar-refractivity contribution in [1.29, 1.82) is 0 Å². The van der Waals surface area contributed by atoms with Crippen LogP contribution in [0.25, 0.3) is 0 Å². The van der Waals surface area contributed by atoms with Gasteiger partial charge in [0.15, 0.2) is 0 Å². The maximum atomic E-state index is 12.5. The minimum Gasteiger partial charge on any atom is -0.480 e. The Labute approximate surface area is 121 Å². The Morgan fingerprint density at radius 2 is 2.00 bits per heavy atom. The van der Waals surface area contributed by atoms with Gasteiger partial charge in [-0.25, -0.2) is 4.79 Å². The number of hydrogen-bond acceptors (Lipinski definition) is 2. The van der Waals surface area contributed by atoms with Crippen LogP contribution < -0.4 is 0 Å². The lowest BCUT2D eigenvalue weighted by Crippen LogP contribution is -2.53. The maximum absolute atomic E-state index is 12.5. The molecule has 6 heteroatoms. The highest BCUT2D eigenvalue weighted by Crippen LogP contribution is 2.21. The first kappa shape index (κ1) is 15.8. The Bertz CT molecular complexity index is 494. The zero-order valence-electron chi connectivity index (χ0n) is 11.6. The van der Waals surface area contributed by atoms with Crippen molar-refractivity contribution < 1.29 is 14.7 Å². The average molecular weight is 331 g/mol. The fourth-order valence-corrected chi connectivity index (χ4v) is 2.43. The summed E-state index contributed by atoms with van der Waals surface area (Å²) in [4.78, 5) is 25.2. The molecule has 0 radical (unpaired) electrons. The SMILES string of the molecule is CCN(C(=O)c1cc(Br)cn1CC)C(C)(C)C(=O)O. The molecule has 19 heavy (non-hydrogen) atoms. The van der Waals surface area contributed by atoms with Gasteiger partial charge in [0.1, 0.15) is 11.2 Å².